The van der Waals surface area contributed by atoms with Gasteiger partial charge in [-0.25, -0.2) is 4.39 Å². The van der Waals surface area contributed by atoms with Gasteiger partial charge in [0.25, 0.3) is 5.91 Å². The van der Waals surface area contributed by atoms with E-state index in [0.717, 1.165) is 34.5 Å². The number of hydrogen-bond donors (Lipinski definition) is 3. The van der Waals surface area contributed by atoms with Gasteiger partial charge in [-0.1, -0.05) is 60.7 Å². The fourth-order valence-corrected chi connectivity index (χ4v) is 4.76. The van der Waals surface area contributed by atoms with Gasteiger partial charge in [0, 0.05) is 24.3 Å². The molecule has 0 spiro atoms. The molecule has 0 bridgehead atoms. The molecule has 4 aromatic carbocycles. The largest absolute Gasteiger partial charge is 0.354 e. The monoisotopic (exact) mass is 534 g/mol. The van der Waals surface area contributed by atoms with E-state index < -0.39 is 5.82 Å². The molecule has 7 heteroatoms. The van der Waals surface area contributed by atoms with Crippen LogP contribution in [0.4, 0.5) is 15.8 Å². The Labute approximate surface area is 233 Å². The van der Waals surface area contributed by atoms with Crippen LogP contribution in [0.5, 0.6) is 0 Å². The summed E-state index contributed by atoms with van der Waals surface area (Å²) in [6, 6.07) is 29.6. The number of rotatable bonds is 9. The van der Waals surface area contributed by atoms with Crippen LogP contribution in [0.25, 0.3) is 11.3 Å². The van der Waals surface area contributed by atoms with Gasteiger partial charge < -0.3 is 20.9 Å². The number of amides is 2. The van der Waals surface area contributed by atoms with Gasteiger partial charge >= 0.3 is 0 Å². The van der Waals surface area contributed by atoms with E-state index in [9.17, 15) is 14.0 Å². The number of nitrogens with zero attached hydrogens (tertiary/aromatic N) is 1. The first-order valence-corrected chi connectivity index (χ1v) is 13.1. The highest BCUT2D eigenvalue weighted by molar-refractivity contribution is 6.37. The van der Waals surface area contributed by atoms with Crippen molar-refractivity contribution in [3.8, 4) is 0 Å². The predicted molar refractivity (Wildman–Crippen MR) is 158 cm³/mol. The Bertz CT molecular complexity index is 1560. The third-order valence-electron chi connectivity index (χ3n) is 6.61. The zero-order chi connectivity index (χ0) is 28.1. The molecule has 0 fully saturated rings. The smallest absolute Gasteiger partial charge is 0.258 e. The van der Waals surface area contributed by atoms with Gasteiger partial charge in [0.05, 0.1) is 23.4 Å². The van der Waals surface area contributed by atoms with E-state index >= 15 is 0 Å². The Kier molecular flexibility index (Phi) is 8.03. The third-order valence-corrected chi connectivity index (χ3v) is 6.61. The van der Waals surface area contributed by atoms with Crippen LogP contribution in [-0.4, -0.2) is 30.8 Å². The van der Waals surface area contributed by atoms with Crippen molar-refractivity contribution in [1.82, 2.24) is 10.2 Å². The van der Waals surface area contributed by atoms with Crippen LogP contribution in [0.15, 0.2) is 97.1 Å². The molecule has 6 nitrogen and oxygen atoms in total. The van der Waals surface area contributed by atoms with Gasteiger partial charge in [0.15, 0.2) is 0 Å². The topological polar surface area (TPSA) is 73.5 Å². The Morgan fingerprint density at radius 3 is 2.35 bits per heavy atom. The minimum atomic E-state index is -0.417. The number of halogens is 1. The summed E-state index contributed by atoms with van der Waals surface area (Å²) >= 11 is 0. The highest BCUT2D eigenvalue weighted by Crippen LogP contribution is 2.38. The third kappa shape index (κ3) is 6.45. The van der Waals surface area contributed by atoms with Crippen LogP contribution in [0, 0.1) is 5.82 Å². The second-order valence-electron chi connectivity index (χ2n) is 10.1. The molecule has 4 aromatic rings. The molecule has 2 amide bonds. The molecule has 0 saturated heterocycles. The molecule has 3 N–H and O–H groups in total. The summed E-state index contributed by atoms with van der Waals surface area (Å²) in [6.45, 7) is 1.16. The Morgan fingerprint density at radius 1 is 0.850 bits per heavy atom. The lowest BCUT2D eigenvalue weighted by Gasteiger charge is -2.17. The first-order chi connectivity index (χ1) is 19.4. The fraction of sp³-hybridized carbons (Fsp3) is 0.152. The second-order valence-corrected chi connectivity index (χ2v) is 10.1. The fourth-order valence-electron chi connectivity index (χ4n) is 4.76. The van der Waals surface area contributed by atoms with Crippen LogP contribution >= 0.6 is 0 Å². The lowest BCUT2D eigenvalue weighted by atomic mass is 9.98. The summed E-state index contributed by atoms with van der Waals surface area (Å²) in [7, 11) is 4.04. The van der Waals surface area contributed by atoms with Crippen molar-refractivity contribution in [1.29, 1.82) is 0 Å². The summed E-state index contributed by atoms with van der Waals surface area (Å²) < 4.78 is 13.9. The SMILES string of the molecule is CN(C)Cc1ccc(NC(=C2C(=O)Nc3cc(F)ccc32)c2cccc(CNC(=O)Cc3ccccc3)c2)cc1. The highest BCUT2D eigenvalue weighted by Gasteiger charge is 2.29. The van der Waals surface area contributed by atoms with Gasteiger partial charge in [-0.2, -0.15) is 0 Å². The van der Waals surface area contributed by atoms with Crippen molar-refractivity contribution < 1.29 is 14.0 Å². The minimum Gasteiger partial charge on any atom is -0.354 e. The van der Waals surface area contributed by atoms with Crippen LogP contribution in [-0.2, 0) is 29.1 Å². The van der Waals surface area contributed by atoms with E-state index in [-0.39, 0.29) is 11.8 Å². The quantitative estimate of drug-likeness (QED) is 0.242. The zero-order valence-corrected chi connectivity index (χ0v) is 22.5. The Hall–Kier alpha value is -4.75. The molecule has 5 rings (SSSR count). The van der Waals surface area contributed by atoms with Crippen molar-refractivity contribution in [3.05, 3.63) is 131 Å². The molecular formula is C33H31FN4O2. The van der Waals surface area contributed by atoms with Crippen LogP contribution in [0.3, 0.4) is 0 Å². The Balaban J connectivity index is 1.45. The first-order valence-electron chi connectivity index (χ1n) is 13.1. The number of nitrogens with one attached hydrogen (secondary N) is 3. The molecule has 0 unspecified atom stereocenters. The summed E-state index contributed by atoms with van der Waals surface area (Å²) in [5.74, 6) is -0.800. The number of anilines is 2. The molecule has 1 aliphatic heterocycles. The van der Waals surface area contributed by atoms with Crippen molar-refractivity contribution in [2.24, 2.45) is 0 Å². The number of benzene rings is 4. The van der Waals surface area contributed by atoms with E-state index in [4.69, 9.17) is 0 Å². The number of hydrogen-bond acceptors (Lipinski definition) is 4. The standard InChI is InChI=1S/C33H31FN4O2/c1-38(2)21-23-11-14-27(15-12-23)36-32(31-28-16-13-26(34)19-29(28)37-33(31)40)25-10-6-9-24(17-25)20-35-30(39)18-22-7-4-3-5-8-22/h3-17,19,36H,18,20-21H2,1-2H3,(H,35,39)(H,37,40). The minimum absolute atomic E-state index is 0.0720. The molecule has 0 aliphatic carbocycles. The van der Waals surface area contributed by atoms with Crippen LogP contribution in [0.2, 0.25) is 0 Å². The number of carbonyl (C=O) groups is 2. The van der Waals surface area contributed by atoms with Gasteiger partial charge in [-0.15, -0.1) is 0 Å². The maximum atomic E-state index is 13.9. The van der Waals surface area contributed by atoms with Crippen LogP contribution < -0.4 is 16.0 Å². The van der Waals surface area contributed by atoms with Crippen molar-refractivity contribution in [2.75, 3.05) is 24.7 Å². The summed E-state index contributed by atoms with van der Waals surface area (Å²) in [5, 5.41) is 9.23. The van der Waals surface area contributed by atoms with E-state index in [1.807, 2.05) is 93.0 Å². The lowest BCUT2D eigenvalue weighted by Crippen LogP contribution is -2.24. The molecule has 40 heavy (non-hydrogen) atoms. The molecule has 1 heterocycles. The molecule has 0 aromatic heterocycles. The van der Waals surface area contributed by atoms with Crippen molar-refractivity contribution in [3.63, 3.8) is 0 Å². The molecule has 202 valence electrons. The van der Waals surface area contributed by atoms with Crippen molar-refractivity contribution >= 4 is 34.5 Å². The zero-order valence-electron chi connectivity index (χ0n) is 22.5. The van der Waals surface area contributed by atoms with Gasteiger partial charge in [-0.05, 0) is 72.7 Å². The van der Waals surface area contributed by atoms with Crippen LogP contribution in [0.1, 0.15) is 27.8 Å². The summed E-state index contributed by atoms with van der Waals surface area (Å²) in [6.07, 6.45) is 0.300. The maximum absolute atomic E-state index is 13.9. The van der Waals surface area contributed by atoms with E-state index in [1.165, 1.54) is 12.1 Å². The number of fused-ring (bicyclic) bond motifs is 1. The maximum Gasteiger partial charge on any atom is 0.258 e. The first kappa shape index (κ1) is 26.8. The van der Waals surface area contributed by atoms with Gasteiger partial charge in [0.1, 0.15) is 5.82 Å². The summed E-state index contributed by atoms with van der Waals surface area (Å²) in [4.78, 5) is 27.8. The van der Waals surface area contributed by atoms with E-state index in [2.05, 4.69) is 20.9 Å². The molecule has 1 aliphatic rings. The van der Waals surface area contributed by atoms with E-state index in [1.54, 1.807) is 6.07 Å². The van der Waals surface area contributed by atoms with Crippen molar-refractivity contribution in [2.45, 2.75) is 19.5 Å². The normalized spacial score (nSPS) is 13.6. The summed E-state index contributed by atoms with van der Waals surface area (Å²) in [5.41, 5.74) is 6.67. The molecule has 0 atom stereocenters. The van der Waals surface area contributed by atoms with E-state index in [0.29, 0.717) is 35.5 Å². The average Bonchev–Trinajstić information content (AvgIpc) is 3.26. The van der Waals surface area contributed by atoms with Gasteiger partial charge in [0.2, 0.25) is 5.91 Å². The number of carbonyl (C=O) groups excluding carboxylic acids is 2. The Morgan fingerprint density at radius 2 is 1.60 bits per heavy atom. The van der Waals surface area contributed by atoms with Gasteiger partial charge in [-0.3, -0.25) is 9.59 Å². The highest BCUT2D eigenvalue weighted by atomic mass is 19.1. The molecule has 0 saturated carbocycles. The average molecular weight is 535 g/mol. The second kappa shape index (κ2) is 12.0. The predicted octanol–water partition coefficient (Wildman–Crippen LogP) is 5.68. The molecular weight excluding hydrogens is 503 g/mol. The molecule has 0 radical (unpaired) electrons. The lowest BCUT2D eigenvalue weighted by molar-refractivity contribution is -0.120.